The first-order valence-corrected chi connectivity index (χ1v) is 14.8. The molecule has 0 aromatic heterocycles. The molecule has 4 rings (SSSR count). The molecule has 0 radical (unpaired) electrons. The molecule has 2 aromatic carbocycles. The molecule has 212 valence electrons. The second-order valence-electron chi connectivity index (χ2n) is 9.30. The van der Waals surface area contributed by atoms with Gasteiger partial charge in [-0.15, -0.1) is 0 Å². The van der Waals surface area contributed by atoms with Gasteiger partial charge >= 0.3 is 12.4 Å². The van der Waals surface area contributed by atoms with Crippen molar-refractivity contribution in [1.82, 2.24) is 9.44 Å². The van der Waals surface area contributed by atoms with Crippen molar-refractivity contribution in [1.29, 1.82) is 0 Å². The van der Waals surface area contributed by atoms with Crippen LogP contribution in [0.15, 0.2) is 46.2 Å². The number of hydrogen-bond donors (Lipinski definition) is 2. The van der Waals surface area contributed by atoms with Crippen molar-refractivity contribution < 1.29 is 43.2 Å². The average Bonchev–Trinajstić information content (AvgIpc) is 3.04. The number of fused-ring (bicyclic) bond motifs is 2. The van der Waals surface area contributed by atoms with E-state index in [4.69, 9.17) is 0 Å². The van der Waals surface area contributed by atoms with Crippen molar-refractivity contribution in [3.8, 4) is 0 Å². The number of sulfonamides is 2. The van der Waals surface area contributed by atoms with Gasteiger partial charge in [0.1, 0.15) is 0 Å². The van der Waals surface area contributed by atoms with Crippen LogP contribution < -0.4 is 9.44 Å². The third-order valence-corrected chi connectivity index (χ3v) is 9.68. The monoisotopic (exact) mass is 586 g/mol. The first kappa shape index (κ1) is 30.4. The number of rotatable bonds is 2. The summed E-state index contributed by atoms with van der Waals surface area (Å²) in [6.45, 7) is 4.37. The standard InChI is InChI=1S/2C12H14F3NO2S/c2*1-2-8-5-9-3-4-10(12(13,14)15)6-11(9)19(17,18)16-7-8/h2*3-4,6,8,16H,2,5,7H2,1H3/t2*8-/m10/s1. The Morgan fingerprint density at radius 1 is 0.684 bits per heavy atom. The van der Waals surface area contributed by atoms with Crippen LogP contribution in [0.1, 0.15) is 48.9 Å². The van der Waals surface area contributed by atoms with Crippen molar-refractivity contribution in [3.05, 3.63) is 58.7 Å². The van der Waals surface area contributed by atoms with E-state index in [0.29, 0.717) is 24.0 Å². The molecular weight excluding hydrogens is 558 g/mol. The zero-order chi connectivity index (χ0) is 28.5. The molecule has 0 unspecified atom stereocenters. The maximum absolute atomic E-state index is 12.6. The molecule has 0 saturated heterocycles. The van der Waals surface area contributed by atoms with Gasteiger partial charge in [0.05, 0.1) is 20.9 Å². The van der Waals surface area contributed by atoms with E-state index in [2.05, 4.69) is 9.44 Å². The van der Waals surface area contributed by atoms with E-state index < -0.39 is 43.5 Å². The minimum absolute atomic E-state index is 0.104. The summed E-state index contributed by atoms with van der Waals surface area (Å²) in [6, 6.07) is 5.85. The zero-order valence-electron chi connectivity index (χ0n) is 20.6. The smallest absolute Gasteiger partial charge is 0.211 e. The van der Waals surface area contributed by atoms with Crippen molar-refractivity contribution in [2.75, 3.05) is 13.1 Å². The molecule has 2 N–H and O–H groups in total. The third-order valence-electron chi connectivity index (χ3n) is 6.66. The van der Waals surface area contributed by atoms with Gasteiger partial charge < -0.3 is 0 Å². The number of benzene rings is 2. The molecule has 0 saturated carbocycles. The maximum atomic E-state index is 12.6. The minimum atomic E-state index is -4.54. The van der Waals surface area contributed by atoms with Crippen LogP contribution in [-0.4, -0.2) is 29.9 Å². The highest BCUT2D eigenvalue weighted by Gasteiger charge is 2.35. The van der Waals surface area contributed by atoms with E-state index in [1.165, 1.54) is 12.1 Å². The van der Waals surface area contributed by atoms with Gasteiger partial charge in [-0.1, -0.05) is 38.8 Å². The van der Waals surface area contributed by atoms with Crippen LogP contribution in [0.25, 0.3) is 0 Å². The predicted octanol–water partition coefficient (Wildman–Crippen LogP) is 5.13. The first-order valence-electron chi connectivity index (χ1n) is 11.9. The summed E-state index contributed by atoms with van der Waals surface area (Å²) in [6.07, 6.45) is -6.61. The van der Waals surface area contributed by atoms with Crippen LogP contribution in [0.5, 0.6) is 0 Å². The van der Waals surface area contributed by atoms with Crippen LogP contribution in [0, 0.1) is 11.8 Å². The van der Waals surface area contributed by atoms with Gasteiger partial charge in [0.25, 0.3) is 0 Å². The number of halogens is 6. The number of alkyl halides is 6. The predicted molar refractivity (Wildman–Crippen MR) is 128 cm³/mol. The van der Waals surface area contributed by atoms with E-state index in [-0.39, 0.29) is 34.7 Å². The zero-order valence-corrected chi connectivity index (χ0v) is 22.2. The van der Waals surface area contributed by atoms with Crippen molar-refractivity contribution >= 4 is 20.0 Å². The van der Waals surface area contributed by atoms with Crippen LogP contribution >= 0.6 is 0 Å². The second-order valence-corrected chi connectivity index (χ2v) is 12.8. The molecule has 6 nitrogen and oxygen atoms in total. The molecule has 0 amide bonds. The summed E-state index contributed by atoms with van der Waals surface area (Å²) < 4.78 is 128. The summed E-state index contributed by atoms with van der Waals surface area (Å²) in [5.41, 5.74) is -0.979. The highest BCUT2D eigenvalue weighted by Crippen LogP contribution is 2.35. The molecule has 2 heterocycles. The second kappa shape index (κ2) is 11.1. The molecule has 2 aliphatic heterocycles. The van der Waals surface area contributed by atoms with E-state index >= 15 is 0 Å². The average molecular weight is 587 g/mol. The Morgan fingerprint density at radius 2 is 1.03 bits per heavy atom. The van der Waals surface area contributed by atoms with Crippen molar-refractivity contribution in [3.63, 3.8) is 0 Å². The summed E-state index contributed by atoms with van der Waals surface area (Å²) in [7, 11) is -7.71. The Morgan fingerprint density at radius 3 is 1.32 bits per heavy atom. The minimum Gasteiger partial charge on any atom is -0.211 e. The molecule has 0 spiro atoms. The molecule has 38 heavy (non-hydrogen) atoms. The quantitative estimate of drug-likeness (QED) is 0.478. The van der Waals surface area contributed by atoms with Gasteiger partial charge in [-0.05, 0) is 60.1 Å². The number of hydrogen-bond acceptors (Lipinski definition) is 4. The molecule has 0 fully saturated rings. The lowest BCUT2D eigenvalue weighted by atomic mass is 9.96. The van der Waals surface area contributed by atoms with Crippen LogP contribution in [0.3, 0.4) is 0 Å². The van der Waals surface area contributed by atoms with Crippen molar-refractivity contribution in [2.24, 2.45) is 11.8 Å². The van der Waals surface area contributed by atoms with Gasteiger partial charge in [0.15, 0.2) is 0 Å². The topological polar surface area (TPSA) is 92.3 Å². The molecule has 0 bridgehead atoms. The summed E-state index contributed by atoms with van der Waals surface area (Å²) >= 11 is 0. The van der Waals surface area contributed by atoms with Crippen LogP contribution in [0.4, 0.5) is 26.3 Å². The van der Waals surface area contributed by atoms with E-state index in [9.17, 15) is 43.2 Å². The Bertz CT molecular complexity index is 1270. The first-order chi connectivity index (χ1) is 17.5. The largest absolute Gasteiger partial charge is 0.416 e. The molecular formula is C24H28F6N2O4S2. The summed E-state index contributed by atoms with van der Waals surface area (Å²) in [5, 5.41) is 0. The van der Waals surface area contributed by atoms with Gasteiger partial charge in [0, 0.05) is 13.1 Å². The summed E-state index contributed by atoms with van der Waals surface area (Å²) in [4.78, 5) is -0.503. The van der Waals surface area contributed by atoms with Crippen LogP contribution in [-0.2, 0) is 45.2 Å². The van der Waals surface area contributed by atoms with Crippen LogP contribution in [0.2, 0.25) is 0 Å². The third kappa shape index (κ3) is 7.07. The summed E-state index contributed by atoms with van der Waals surface area (Å²) in [5.74, 6) is 0.209. The maximum Gasteiger partial charge on any atom is 0.416 e. The SMILES string of the molecule is CC[C@@H]1CNS(=O)(=O)c2cc(C(F)(F)F)ccc2C1.CC[C@H]1CNS(=O)(=O)c2cc(C(F)(F)F)ccc2C1. The molecule has 14 heteroatoms. The Labute approximate surface area is 217 Å². The lowest BCUT2D eigenvalue weighted by Crippen LogP contribution is -2.27. The fourth-order valence-electron chi connectivity index (χ4n) is 4.25. The fraction of sp³-hybridized carbons (Fsp3) is 0.500. The lowest BCUT2D eigenvalue weighted by molar-refractivity contribution is -0.138. The molecule has 2 aliphatic rings. The van der Waals surface area contributed by atoms with E-state index in [1.54, 1.807) is 0 Å². The molecule has 2 atom stereocenters. The fourth-order valence-corrected chi connectivity index (χ4v) is 7.03. The molecule has 2 aromatic rings. The van der Waals surface area contributed by atoms with Gasteiger partial charge in [-0.3, -0.25) is 0 Å². The lowest BCUT2D eigenvalue weighted by Gasteiger charge is -2.12. The normalized spacial score (nSPS) is 22.6. The highest BCUT2D eigenvalue weighted by atomic mass is 32.2. The highest BCUT2D eigenvalue weighted by molar-refractivity contribution is 7.89. The Kier molecular flexibility index (Phi) is 8.91. The Hall–Kier alpha value is -2.16. The van der Waals surface area contributed by atoms with E-state index in [1.807, 2.05) is 13.8 Å². The van der Waals surface area contributed by atoms with Gasteiger partial charge in [-0.25, -0.2) is 26.3 Å². The number of nitrogens with one attached hydrogen (secondary N) is 2. The van der Waals surface area contributed by atoms with Gasteiger partial charge in [-0.2, -0.15) is 26.3 Å². The molecule has 0 aliphatic carbocycles. The van der Waals surface area contributed by atoms with E-state index in [0.717, 1.165) is 37.1 Å². The van der Waals surface area contributed by atoms with Crippen molar-refractivity contribution in [2.45, 2.75) is 61.7 Å². The Balaban J connectivity index is 0.000000211. The van der Waals surface area contributed by atoms with Gasteiger partial charge in [0.2, 0.25) is 20.0 Å².